The molecule has 0 aliphatic carbocycles. The molecule has 3 amide bonds. The maximum absolute atomic E-state index is 12.3. The van der Waals surface area contributed by atoms with Crippen LogP contribution in [0.5, 0.6) is 5.75 Å². The van der Waals surface area contributed by atoms with Gasteiger partial charge in [0.1, 0.15) is 5.75 Å². The molecule has 3 rings (SSSR count). The molecule has 6 nitrogen and oxygen atoms in total. The van der Waals surface area contributed by atoms with Crippen molar-refractivity contribution in [3.63, 3.8) is 0 Å². The Morgan fingerprint density at radius 3 is 2.69 bits per heavy atom. The van der Waals surface area contributed by atoms with Crippen LogP contribution in [0, 0.1) is 6.92 Å². The first kappa shape index (κ1) is 18.1. The number of nitrogens with zero attached hydrogens (tertiary/aromatic N) is 1. The van der Waals surface area contributed by atoms with Crippen molar-refractivity contribution in [3.8, 4) is 5.75 Å². The second-order valence-corrected chi connectivity index (χ2v) is 6.51. The summed E-state index contributed by atoms with van der Waals surface area (Å²) in [5.74, 6) is 0.621. The zero-order valence-corrected chi connectivity index (χ0v) is 15.4. The average Bonchev–Trinajstić information content (AvgIpc) is 3.02. The average molecular weight is 374 g/mol. The molecular weight excluding hydrogens is 354 g/mol. The van der Waals surface area contributed by atoms with E-state index in [0.29, 0.717) is 35.1 Å². The van der Waals surface area contributed by atoms with E-state index in [9.17, 15) is 9.59 Å². The van der Waals surface area contributed by atoms with Crippen LogP contribution in [0.25, 0.3) is 0 Å². The van der Waals surface area contributed by atoms with Gasteiger partial charge in [0.15, 0.2) is 0 Å². The molecule has 0 atom stereocenters. The number of benzene rings is 2. The maximum Gasteiger partial charge on any atom is 0.323 e. The fraction of sp³-hybridized carbons (Fsp3) is 0.263. The molecule has 0 saturated carbocycles. The van der Waals surface area contributed by atoms with Gasteiger partial charge in [-0.3, -0.25) is 4.79 Å². The van der Waals surface area contributed by atoms with E-state index in [0.717, 1.165) is 17.7 Å². The maximum atomic E-state index is 12.3. The van der Waals surface area contributed by atoms with Gasteiger partial charge < -0.3 is 20.3 Å². The third kappa shape index (κ3) is 3.91. The molecule has 1 heterocycles. The van der Waals surface area contributed by atoms with E-state index >= 15 is 0 Å². The predicted octanol–water partition coefficient (Wildman–Crippen LogP) is 4.43. The minimum absolute atomic E-state index is 0.110. The minimum atomic E-state index is -0.423. The Balaban J connectivity index is 1.76. The first-order valence-electron chi connectivity index (χ1n) is 8.30. The number of ether oxygens (including phenoxy) is 1. The number of amides is 3. The van der Waals surface area contributed by atoms with Gasteiger partial charge in [-0.15, -0.1) is 0 Å². The van der Waals surface area contributed by atoms with Crippen molar-refractivity contribution in [1.29, 1.82) is 0 Å². The van der Waals surface area contributed by atoms with Crippen LogP contribution in [0.1, 0.15) is 18.4 Å². The van der Waals surface area contributed by atoms with E-state index in [1.54, 1.807) is 29.2 Å². The van der Waals surface area contributed by atoms with Gasteiger partial charge >= 0.3 is 6.03 Å². The lowest BCUT2D eigenvalue weighted by molar-refractivity contribution is -0.117. The molecule has 0 radical (unpaired) electrons. The SMILES string of the molecule is COc1ccc(Cl)cc1NC(=O)Nc1ccc(C)c(N2CCCC2=O)c1. The lowest BCUT2D eigenvalue weighted by atomic mass is 10.1. The lowest BCUT2D eigenvalue weighted by Gasteiger charge is -2.19. The topological polar surface area (TPSA) is 70.7 Å². The van der Waals surface area contributed by atoms with E-state index in [-0.39, 0.29) is 5.91 Å². The Kier molecular flexibility index (Phi) is 5.32. The van der Waals surface area contributed by atoms with E-state index in [1.165, 1.54) is 7.11 Å². The van der Waals surface area contributed by atoms with Crippen molar-refractivity contribution in [2.75, 3.05) is 29.2 Å². The van der Waals surface area contributed by atoms with Gasteiger partial charge in [-0.1, -0.05) is 17.7 Å². The Morgan fingerprint density at radius 1 is 1.19 bits per heavy atom. The second-order valence-electron chi connectivity index (χ2n) is 6.07. The zero-order chi connectivity index (χ0) is 18.7. The molecule has 0 unspecified atom stereocenters. The predicted molar refractivity (Wildman–Crippen MR) is 103 cm³/mol. The molecule has 0 bridgehead atoms. The molecule has 1 saturated heterocycles. The number of carbonyl (C=O) groups is 2. The summed E-state index contributed by atoms with van der Waals surface area (Å²) in [5, 5.41) is 6.00. The van der Waals surface area contributed by atoms with E-state index in [2.05, 4.69) is 10.6 Å². The van der Waals surface area contributed by atoms with Crippen LogP contribution in [-0.4, -0.2) is 25.6 Å². The Labute approximate surface area is 157 Å². The summed E-state index contributed by atoms with van der Waals surface area (Å²) >= 11 is 5.98. The fourth-order valence-electron chi connectivity index (χ4n) is 2.94. The Hall–Kier alpha value is -2.73. The Morgan fingerprint density at radius 2 is 2.00 bits per heavy atom. The van der Waals surface area contributed by atoms with Crippen molar-refractivity contribution in [2.45, 2.75) is 19.8 Å². The van der Waals surface area contributed by atoms with Gasteiger partial charge in [-0.25, -0.2) is 4.79 Å². The van der Waals surface area contributed by atoms with Crippen molar-refractivity contribution in [1.82, 2.24) is 0 Å². The Bertz CT molecular complexity index is 854. The quantitative estimate of drug-likeness (QED) is 0.832. The van der Waals surface area contributed by atoms with Crippen LogP contribution in [0.2, 0.25) is 5.02 Å². The molecular formula is C19H20ClN3O3. The van der Waals surface area contributed by atoms with Crippen LogP contribution >= 0.6 is 11.6 Å². The highest BCUT2D eigenvalue weighted by molar-refractivity contribution is 6.31. The number of carbonyl (C=O) groups excluding carboxylic acids is 2. The van der Waals surface area contributed by atoms with E-state index in [4.69, 9.17) is 16.3 Å². The van der Waals surface area contributed by atoms with Crippen molar-refractivity contribution in [2.24, 2.45) is 0 Å². The summed E-state index contributed by atoms with van der Waals surface area (Å²) in [6.07, 6.45) is 1.41. The summed E-state index contributed by atoms with van der Waals surface area (Å²) < 4.78 is 5.22. The van der Waals surface area contributed by atoms with Gasteiger partial charge in [-0.05, 0) is 49.2 Å². The van der Waals surface area contributed by atoms with Gasteiger partial charge in [0.2, 0.25) is 5.91 Å². The third-order valence-corrected chi connectivity index (χ3v) is 4.48. The van der Waals surface area contributed by atoms with Crippen LogP contribution in [0.15, 0.2) is 36.4 Å². The molecule has 1 fully saturated rings. The van der Waals surface area contributed by atoms with E-state index < -0.39 is 6.03 Å². The molecule has 0 aromatic heterocycles. The number of nitrogens with one attached hydrogen (secondary N) is 2. The van der Waals surface area contributed by atoms with Crippen LogP contribution < -0.4 is 20.3 Å². The summed E-state index contributed by atoms with van der Waals surface area (Å²) in [6, 6.07) is 10.1. The van der Waals surface area contributed by atoms with Crippen LogP contribution in [-0.2, 0) is 4.79 Å². The number of rotatable bonds is 4. The first-order valence-corrected chi connectivity index (χ1v) is 8.68. The van der Waals surface area contributed by atoms with Gasteiger partial charge in [0.25, 0.3) is 0 Å². The van der Waals surface area contributed by atoms with Crippen molar-refractivity contribution >= 4 is 40.6 Å². The molecule has 0 spiro atoms. The molecule has 7 heteroatoms. The molecule has 2 aromatic carbocycles. The van der Waals surface area contributed by atoms with E-state index in [1.807, 2.05) is 19.1 Å². The second kappa shape index (κ2) is 7.66. The first-order chi connectivity index (χ1) is 12.5. The fourth-order valence-corrected chi connectivity index (χ4v) is 3.12. The molecule has 26 heavy (non-hydrogen) atoms. The van der Waals surface area contributed by atoms with Gasteiger partial charge in [-0.2, -0.15) is 0 Å². The van der Waals surface area contributed by atoms with Crippen LogP contribution in [0.4, 0.5) is 21.9 Å². The number of anilines is 3. The monoisotopic (exact) mass is 373 g/mol. The lowest BCUT2D eigenvalue weighted by Crippen LogP contribution is -2.25. The summed E-state index contributed by atoms with van der Waals surface area (Å²) in [6.45, 7) is 2.65. The largest absolute Gasteiger partial charge is 0.495 e. The number of halogens is 1. The minimum Gasteiger partial charge on any atom is -0.495 e. The number of hydrogen-bond acceptors (Lipinski definition) is 3. The summed E-state index contributed by atoms with van der Waals surface area (Å²) in [4.78, 5) is 26.1. The van der Waals surface area contributed by atoms with Gasteiger partial charge in [0.05, 0.1) is 12.8 Å². The van der Waals surface area contributed by atoms with Crippen LogP contribution in [0.3, 0.4) is 0 Å². The van der Waals surface area contributed by atoms with Crippen molar-refractivity contribution < 1.29 is 14.3 Å². The van der Waals surface area contributed by atoms with Crippen molar-refractivity contribution in [3.05, 3.63) is 47.0 Å². The standard InChI is InChI=1S/C19H20ClN3O3/c1-12-5-7-14(11-16(12)23-9-3-4-18(23)24)21-19(25)22-15-10-13(20)6-8-17(15)26-2/h5-8,10-11H,3-4,9H2,1-2H3,(H2,21,22,25). The molecule has 1 aliphatic heterocycles. The molecule has 136 valence electrons. The third-order valence-electron chi connectivity index (χ3n) is 4.24. The highest BCUT2D eigenvalue weighted by Gasteiger charge is 2.23. The highest BCUT2D eigenvalue weighted by atomic mass is 35.5. The smallest absolute Gasteiger partial charge is 0.323 e. The summed E-state index contributed by atoms with van der Waals surface area (Å²) in [5.41, 5.74) is 2.89. The summed E-state index contributed by atoms with van der Waals surface area (Å²) in [7, 11) is 1.52. The number of hydrogen-bond donors (Lipinski definition) is 2. The number of methoxy groups -OCH3 is 1. The number of urea groups is 1. The highest BCUT2D eigenvalue weighted by Crippen LogP contribution is 2.30. The molecule has 2 N–H and O–H groups in total. The molecule has 2 aromatic rings. The number of aryl methyl sites for hydroxylation is 1. The zero-order valence-electron chi connectivity index (χ0n) is 14.6. The molecule has 1 aliphatic rings. The van der Waals surface area contributed by atoms with Gasteiger partial charge in [0, 0.05) is 29.4 Å². The normalized spacial score (nSPS) is 13.7.